The second-order valence-electron chi connectivity index (χ2n) is 3.76. The summed E-state index contributed by atoms with van der Waals surface area (Å²) < 4.78 is 0. The van der Waals surface area contributed by atoms with Gasteiger partial charge in [-0.3, -0.25) is 9.59 Å². The highest BCUT2D eigenvalue weighted by molar-refractivity contribution is 5.92. The van der Waals surface area contributed by atoms with E-state index >= 15 is 0 Å². The first-order chi connectivity index (χ1) is 8.04. The minimum atomic E-state index is -0.449. The van der Waals surface area contributed by atoms with Crippen LogP contribution in [-0.2, 0) is 11.3 Å². The molecule has 4 heteroatoms. The number of nitrogens with two attached hydrogens (primary N) is 1. The molecule has 0 saturated carbocycles. The first-order valence-electron chi connectivity index (χ1n) is 5.31. The van der Waals surface area contributed by atoms with Crippen LogP contribution in [0.5, 0.6) is 0 Å². The molecule has 0 aliphatic rings. The molecule has 2 amide bonds. The van der Waals surface area contributed by atoms with Crippen molar-refractivity contribution in [3.8, 4) is 0 Å². The Kier molecular flexibility index (Phi) is 4.46. The number of nitrogens with zero attached hydrogens (tertiary/aromatic N) is 1. The average Bonchev–Trinajstić information content (AvgIpc) is 2.30. The van der Waals surface area contributed by atoms with Crippen LogP contribution in [0.15, 0.2) is 36.4 Å². The molecule has 0 radical (unpaired) electrons. The molecule has 0 unspecified atom stereocenters. The summed E-state index contributed by atoms with van der Waals surface area (Å²) in [7, 11) is 1.73. The van der Waals surface area contributed by atoms with E-state index in [0.29, 0.717) is 12.1 Å². The number of amides is 2. The summed E-state index contributed by atoms with van der Waals surface area (Å²) in [5, 5.41) is 0. The third-order valence-electron chi connectivity index (χ3n) is 2.34. The first kappa shape index (κ1) is 13.0. The van der Waals surface area contributed by atoms with Crippen molar-refractivity contribution in [2.24, 2.45) is 5.73 Å². The SMILES string of the molecule is CC=CC(=O)N(C)Cc1ccc(C(N)=O)cc1. The van der Waals surface area contributed by atoms with Gasteiger partial charge in [-0.05, 0) is 30.7 Å². The largest absolute Gasteiger partial charge is 0.366 e. The Hall–Kier alpha value is -2.10. The fraction of sp³-hybridized carbons (Fsp3) is 0.231. The number of rotatable bonds is 4. The molecule has 4 nitrogen and oxygen atoms in total. The van der Waals surface area contributed by atoms with Crippen LogP contribution in [0.1, 0.15) is 22.8 Å². The molecule has 0 heterocycles. The molecular weight excluding hydrogens is 216 g/mol. The third-order valence-corrected chi connectivity index (χ3v) is 2.34. The highest BCUT2D eigenvalue weighted by Crippen LogP contribution is 2.06. The molecule has 0 bridgehead atoms. The summed E-state index contributed by atoms with van der Waals surface area (Å²) in [6.07, 6.45) is 3.22. The number of allylic oxidation sites excluding steroid dienone is 1. The lowest BCUT2D eigenvalue weighted by Crippen LogP contribution is -2.24. The second-order valence-corrected chi connectivity index (χ2v) is 3.76. The number of primary amides is 1. The Morgan fingerprint density at radius 3 is 2.35 bits per heavy atom. The van der Waals surface area contributed by atoms with Gasteiger partial charge < -0.3 is 10.6 Å². The summed E-state index contributed by atoms with van der Waals surface area (Å²) in [5.74, 6) is -0.499. The summed E-state index contributed by atoms with van der Waals surface area (Å²) in [6, 6.07) is 6.90. The molecule has 0 spiro atoms. The van der Waals surface area contributed by atoms with Gasteiger partial charge in [0.05, 0.1) is 0 Å². The van der Waals surface area contributed by atoms with E-state index in [0.717, 1.165) is 5.56 Å². The van der Waals surface area contributed by atoms with E-state index in [1.165, 1.54) is 6.08 Å². The van der Waals surface area contributed by atoms with Crippen LogP contribution in [0.4, 0.5) is 0 Å². The smallest absolute Gasteiger partial charge is 0.248 e. The zero-order chi connectivity index (χ0) is 12.8. The minimum Gasteiger partial charge on any atom is -0.366 e. The van der Waals surface area contributed by atoms with Gasteiger partial charge in [-0.25, -0.2) is 0 Å². The van der Waals surface area contributed by atoms with E-state index < -0.39 is 5.91 Å². The van der Waals surface area contributed by atoms with E-state index in [2.05, 4.69) is 0 Å². The predicted octanol–water partition coefficient (Wildman–Crippen LogP) is 1.32. The molecular formula is C13H16N2O2. The number of carbonyl (C=O) groups is 2. The van der Waals surface area contributed by atoms with Crippen molar-refractivity contribution in [3.63, 3.8) is 0 Å². The van der Waals surface area contributed by atoms with Crippen molar-refractivity contribution >= 4 is 11.8 Å². The summed E-state index contributed by atoms with van der Waals surface area (Å²) >= 11 is 0. The number of likely N-dealkylation sites (N-methyl/N-ethyl adjacent to an activating group) is 1. The molecule has 2 N–H and O–H groups in total. The number of carbonyl (C=O) groups excluding carboxylic acids is 2. The van der Waals surface area contributed by atoms with Gasteiger partial charge >= 0.3 is 0 Å². The van der Waals surface area contributed by atoms with Crippen LogP contribution in [0.25, 0.3) is 0 Å². The molecule has 1 aromatic carbocycles. The predicted molar refractivity (Wildman–Crippen MR) is 66.2 cm³/mol. The molecule has 0 aromatic heterocycles. The Labute approximate surface area is 101 Å². The lowest BCUT2D eigenvalue weighted by Gasteiger charge is -2.15. The fourth-order valence-electron chi connectivity index (χ4n) is 1.40. The maximum Gasteiger partial charge on any atom is 0.248 e. The lowest BCUT2D eigenvalue weighted by atomic mass is 10.1. The molecule has 0 saturated heterocycles. The van der Waals surface area contributed by atoms with Crippen molar-refractivity contribution in [3.05, 3.63) is 47.5 Å². The van der Waals surface area contributed by atoms with Gasteiger partial charge in [0.2, 0.25) is 11.8 Å². The number of hydrogen-bond acceptors (Lipinski definition) is 2. The van der Waals surface area contributed by atoms with Gasteiger partial charge in [0.15, 0.2) is 0 Å². The maximum atomic E-state index is 11.5. The van der Waals surface area contributed by atoms with Gasteiger partial charge in [0.25, 0.3) is 0 Å². The molecule has 0 aliphatic heterocycles. The van der Waals surface area contributed by atoms with Crippen molar-refractivity contribution in [2.45, 2.75) is 13.5 Å². The van der Waals surface area contributed by atoms with Crippen molar-refractivity contribution in [1.82, 2.24) is 4.90 Å². The molecule has 0 fully saturated rings. The van der Waals surface area contributed by atoms with Crippen molar-refractivity contribution in [2.75, 3.05) is 7.05 Å². The van der Waals surface area contributed by atoms with Crippen LogP contribution in [0.3, 0.4) is 0 Å². The Bertz CT molecular complexity index is 435. The third kappa shape index (κ3) is 3.75. The summed E-state index contributed by atoms with van der Waals surface area (Å²) in [6.45, 7) is 2.30. The van der Waals surface area contributed by atoms with Crippen molar-refractivity contribution < 1.29 is 9.59 Å². The molecule has 1 rings (SSSR count). The zero-order valence-corrected chi connectivity index (χ0v) is 10.0. The molecule has 1 aromatic rings. The Morgan fingerprint density at radius 2 is 1.88 bits per heavy atom. The molecule has 17 heavy (non-hydrogen) atoms. The summed E-state index contributed by atoms with van der Waals surface area (Å²) in [4.78, 5) is 24.0. The van der Waals surface area contributed by atoms with Gasteiger partial charge in [0.1, 0.15) is 0 Å². The fourth-order valence-corrected chi connectivity index (χ4v) is 1.40. The van der Waals surface area contributed by atoms with Crippen LogP contribution < -0.4 is 5.73 Å². The molecule has 0 aliphatic carbocycles. The van der Waals surface area contributed by atoms with Crippen LogP contribution in [0, 0.1) is 0 Å². The number of benzene rings is 1. The van der Waals surface area contributed by atoms with Crippen molar-refractivity contribution in [1.29, 1.82) is 0 Å². The Balaban J connectivity index is 2.69. The average molecular weight is 232 g/mol. The van der Waals surface area contributed by atoms with E-state index in [-0.39, 0.29) is 5.91 Å². The van der Waals surface area contributed by atoms with Crippen LogP contribution in [0.2, 0.25) is 0 Å². The standard InChI is InChI=1S/C13H16N2O2/c1-3-4-12(16)15(2)9-10-5-7-11(8-6-10)13(14)17/h3-8H,9H2,1-2H3,(H2,14,17). The Morgan fingerprint density at radius 1 is 1.29 bits per heavy atom. The van der Waals surface area contributed by atoms with E-state index in [4.69, 9.17) is 5.73 Å². The second kappa shape index (κ2) is 5.84. The molecule has 0 atom stereocenters. The van der Waals surface area contributed by atoms with Gasteiger partial charge in [0, 0.05) is 19.2 Å². The zero-order valence-electron chi connectivity index (χ0n) is 10.0. The maximum absolute atomic E-state index is 11.5. The van der Waals surface area contributed by atoms with E-state index in [1.54, 1.807) is 49.2 Å². The summed E-state index contributed by atoms with van der Waals surface area (Å²) in [5.41, 5.74) is 6.56. The minimum absolute atomic E-state index is 0.0496. The highest BCUT2D eigenvalue weighted by Gasteiger charge is 2.06. The topological polar surface area (TPSA) is 63.4 Å². The van der Waals surface area contributed by atoms with Gasteiger partial charge in [-0.2, -0.15) is 0 Å². The van der Waals surface area contributed by atoms with Gasteiger partial charge in [-0.1, -0.05) is 18.2 Å². The van der Waals surface area contributed by atoms with Crippen LogP contribution >= 0.6 is 0 Å². The number of hydrogen-bond donors (Lipinski definition) is 1. The van der Waals surface area contributed by atoms with E-state index in [9.17, 15) is 9.59 Å². The first-order valence-corrected chi connectivity index (χ1v) is 5.31. The highest BCUT2D eigenvalue weighted by atomic mass is 16.2. The lowest BCUT2D eigenvalue weighted by molar-refractivity contribution is -0.125. The normalized spacial score (nSPS) is 10.5. The quantitative estimate of drug-likeness (QED) is 0.796. The van der Waals surface area contributed by atoms with E-state index in [1.807, 2.05) is 0 Å². The van der Waals surface area contributed by atoms with Gasteiger partial charge in [-0.15, -0.1) is 0 Å². The molecule has 90 valence electrons. The van der Waals surface area contributed by atoms with Crippen LogP contribution in [-0.4, -0.2) is 23.8 Å². The monoisotopic (exact) mass is 232 g/mol.